The lowest BCUT2D eigenvalue weighted by atomic mass is 9.94. The zero-order valence-corrected chi connectivity index (χ0v) is 19.8. The number of carbonyl (C=O) groups is 2. The minimum atomic E-state index is -0.630. The maximum atomic E-state index is 13.6. The summed E-state index contributed by atoms with van der Waals surface area (Å²) in [5.41, 5.74) is 11.1. The van der Waals surface area contributed by atoms with Crippen LogP contribution in [0.3, 0.4) is 0 Å². The van der Waals surface area contributed by atoms with Gasteiger partial charge in [-0.3, -0.25) is 9.59 Å². The van der Waals surface area contributed by atoms with Crippen LogP contribution < -0.4 is 11.1 Å². The Bertz CT molecular complexity index is 1370. The third-order valence-corrected chi connectivity index (χ3v) is 7.31. The number of amides is 2. The minimum Gasteiger partial charge on any atom is -0.326 e. The van der Waals surface area contributed by atoms with E-state index in [1.807, 2.05) is 73.7 Å². The van der Waals surface area contributed by atoms with Crippen molar-refractivity contribution < 1.29 is 9.59 Å². The summed E-state index contributed by atoms with van der Waals surface area (Å²) in [6.45, 7) is 2.88. The number of nitrogens with zero attached hydrogens (tertiary/aromatic N) is 2. The number of anilines is 1. The monoisotopic (exact) mass is 470 g/mol. The molecule has 4 aromatic rings. The lowest BCUT2D eigenvalue weighted by molar-refractivity contribution is -0.120. The number of rotatable bonds is 6. The molecule has 0 aliphatic carbocycles. The van der Waals surface area contributed by atoms with E-state index in [9.17, 15) is 9.59 Å². The molecule has 2 amide bonds. The highest BCUT2D eigenvalue weighted by atomic mass is 32.1. The van der Waals surface area contributed by atoms with Crippen LogP contribution >= 0.6 is 11.5 Å². The van der Waals surface area contributed by atoms with Gasteiger partial charge in [0, 0.05) is 36.1 Å². The van der Waals surface area contributed by atoms with E-state index in [2.05, 4.69) is 9.69 Å². The number of fused-ring (bicyclic) bond motifs is 2. The maximum Gasteiger partial charge on any atom is 0.254 e. The average molecular weight is 471 g/mol. The lowest BCUT2D eigenvalue weighted by Crippen LogP contribution is -2.51. The summed E-state index contributed by atoms with van der Waals surface area (Å²) in [4.78, 5) is 28.8. The van der Waals surface area contributed by atoms with Crippen LogP contribution in [0.25, 0.3) is 10.1 Å². The minimum absolute atomic E-state index is 0.116. The highest BCUT2D eigenvalue weighted by Crippen LogP contribution is 2.27. The maximum absolute atomic E-state index is 13.6. The van der Waals surface area contributed by atoms with E-state index in [1.165, 1.54) is 11.5 Å². The number of hydrogen-bond donors (Lipinski definition) is 2. The van der Waals surface area contributed by atoms with Crippen molar-refractivity contribution >= 4 is 39.1 Å². The smallest absolute Gasteiger partial charge is 0.254 e. The molecule has 0 fully saturated rings. The quantitative estimate of drug-likeness (QED) is 0.440. The Kier molecular flexibility index (Phi) is 6.13. The van der Waals surface area contributed by atoms with Gasteiger partial charge in [0.05, 0.1) is 10.4 Å². The van der Waals surface area contributed by atoms with Crippen molar-refractivity contribution in [3.05, 3.63) is 94.7 Å². The molecule has 3 N–H and O–H groups in total. The van der Waals surface area contributed by atoms with Gasteiger partial charge in [0.2, 0.25) is 5.91 Å². The van der Waals surface area contributed by atoms with Crippen LogP contribution in [0.15, 0.2) is 66.7 Å². The average Bonchev–Trinajstić information content (AvgIpc) is 3.23. The molecule has 34 heavy (non-hydrogen) atoms. The molecule has 1 atom stereocenters. The molecule has 0 unspecified atom stereocenters. The van der Waals surface area contributed by atoms with E-state index in [1.54, 1.807) is 4.90 Å². The summed E-state index contributed by atoms with van der Waals surface area (Å²) < 4.78 is 5.47. The molecule has 1 aliphatic rings. The molecule has 0 saturated heterocycles. The van der Waals surface area contributed by atoms with Crippen LogP contribution in [0.1, 0.15) is 32.7 Å². The summed E-state index contributed by atoms with van der Waals surface area (Å²) in [5, 5.41) is 4.09. The molecular weight excluding hydrogens is 444 g/mol. The van der Waals surface area contributed by atoms with E-state index in [-0.39, 0.29) is 11.8 Å². The predicted molar refractivity (Wildman–Crippen MR) is 136 cm³/mol. The van der Waals surface area contributed by atoms with Gasteiger partial charge in [0.1, 0.15) is 6.04 Å². The first-order valence-corrected chi connectivity index (χ1v) is 12.1. The van der Waals surface area contributed by atoms with Crippen LogP contribution in [0.4, 0.5) is 5.69 Å². The number of nitrogens with two attached hydrogens (primary N) is 1. The van der Waals surface area contributed by atoms with Crippen molar-refractivity contribution in [1.29, 1.82) is 0 Å². The standard InChI is InChI=1S/C27H26N4O2S/c1-17-23-15-21(8-10-25(23)34-30-17)29-26(32)24(14-18-5-3-2-4-6-18)31-12-11-20-13-19(16-28)7-9-22(20)27(31)33/h2-10,13,15,24H,11-12,14,16,28H2,1H3,(H,29,32)/t24-/m0/s1. The molecule has 0 radical (unpaired) electrons. The van der Waals surface area contributed by atoms with Gasteiger partial charge in [-0.05, 0) is 65.8 Å². The molecule has 0 spiro atoms. The fraction of sp³-hybridized carbons (Fsp3) is 0.222. The van der Waals surface area contributed by atoms with Crippen molar-refractivity contribution in [2.45, 2.75) is 32.4 Å². The Labute approximate surface area is 202 Å². The summed E-state index contributed by atoms with van der Waals surface area (Å²) in [7, 11) is 0. The zero-order chi connectivity index (χ0) is 23.7. The van der Waals surface area contributed by atoms with Crippen LogP contribution in [0.2, 0.25) is 0 Å². The molecule has 6 nitrogen and oxygen atoms in total. The summed E-state index contributed by atoms with van der Waals surface area (Å²) in [6, 6.07) is 20.7. The Hall–Kier alpha value is -3.55. The SMILES string of the molecule is Cc1nsc2ccc(NC(=O)[C@H](Cc3ccccc3)N3CCc4cc(CN)ccc4C3=O)cc12. The Morgan fingerprint density at radius 1 is 1.12 bits per heavy atom. The highest BCUT2D eigenvalue weighted by molar-refractivity contribution is 7.13. The van der Waals surface area contributed by atoms with E-state index in [4.69, 9.17) is 5.73 Å². The van der Waals surface area contributed by atoms with Gasteiger partial charge in [0.25, 0.3) is 5.91 Å². The first kappa shape index (κ1) is 22.3. The van der Waals surface area contributed by atoms with E-state index >= 15 is 0 Å². The van der Waals surface area contributed by atoms with Gasteiger partial charge in [-0.15, -0.1) is 0 Å². The van der Waals surface area contributed by atoms with E-state index < -0.39 is 6.04 Å². The molecule has 0 saturated carbocycles. The number of aromatic nitrogens is 1. The molecule has 1 aliphatic heterocycles. The predicted octanol–water partition coefficient (Wildman–Crippen LogP) is 4.31. The number of hydrogen-bond acceptors (Lipinski definition) is 5. The van der Waals surface area contributed by atoms with Gasteiger partial charge in [0.15, 0.2) is 0 Å². The van der Waals surface area contributed by atoms with Crippen LogP contribution in [-0.2, 0) is 24.2 Å². The number of aryl methyl sites for hydroxylation is 1. The summed E-state index contributed by atoms with van der Waals surface area (Å²) in [5.74, 6) is -0.311. The van der Waals surface area contributed by atoms with Gasteiger partial charge in [-0.1, -0.05) is 42.5 Å². The third kappa shape index (κ3) is 4.32. The number of nitrogens with one attached hydrogen (secondary N) is 1. The van der Waals surface area contributed by atoms with Gasteiger partial charge in [-0.25, -0.2) is 0 Å². The van der Waals surface area contributed by atoms with Crippen molar-refractivity contribution in [3.8, 4) is 0 Å². The second-order valence-corrected chi connectivity index (χ2v) is 9.42. The zero-order valence-electron chi connectivity index (χ0n) is 19.0. The second kappa shape index (κ2) is 9.37. The van der Waals surface area contributed by atoms with Crippen molar-refractivity contribution in [1.82, 2.24) is 9.27 Å². The molecule has 172 valence electrons. The van der Waals surface area contributed by atoms with Crippen LogP contribution in [-0.4, -0.2) is 33.7 Å². The number of benzene rings is 3. The molecule has 1 aromatic heterocycles. The van der Waals surface area contributed by atoms with Gasteiger partial charge >= 0.3 is 0 Å². The Balaban J connectivity index is 1.45. The summed E-state index contributed by atoms with van der Waals surface area (Å²) >= 11 is 1.45. The third-order valence-electron chi connectivity index (χ3n) is 6.39. The molecule has 3 aromatic carbocycles. The van der Waals surface area contributed by atoms with Crippen molar-refractivity contribution in [3.63, 3.8) is 0 Å². The Morgan fingerprint density at radius 2 is 1.94 bits per heavy atom. The molecular formula is C27H26N4O2S. The molecule has 2 heterocycles. The van der Waals surface area contributed by atoms with Crippen molar-refractivity contribution in [2.75, 3.05) is 11.9 Å². The first-order valence-electron chi connectivity index (χ1n) is 11.4. The number of carbonyl (C=O) groups excluding carboxylic acids is 2. The van der Waals surface area contributed by atoms with Crippen molar-refractivity contribution in [2.24, 2.45) is 5.73 Å². The fourth-order valence-corrected chi connectivity index (χ4v) is 5.30. The fourth-order valence-electron chi connectivity index (χ4n) is 4.53. The van der Waals surface area contributed by atoms with Crippen LogP contribution in [0, 0.1) is 6.92 Å². The van der Waals surface area contributed by atoms with E-state index in [0.29, 0.717) is 37.2 Å². The topological polar surface area (TPSA) is 88.3 Å². The van der Waals surface area contributed by atoms with Gasteiger partial charge < -0.3 is 16.0 Å². The Morgan fingerprint density at radius 3 is 2.74 bits per heavy atom. The largest absolute Gasteiger partial charge is 0.326 e. The normalized spacial score (nSPS) is 14.2. The van der Waals surface area contributed by atoms with Gasteiger partial charge in [-0.2, -0.15) is 4.37 Å². The second-order valence-electron chi connectivity index (χ2n) is 8.62. The first-order chi connectivity index (χ1) is 16.5. The van der Waals surface area contributed by atoms with Crippen LogP contribution in [0.5, 0.6) is 0 Å². The molecule has 5 rings (SSSR count). The molecule has 0 bridgehead atoms. The molecule has 7 heteroatoms. The summed E-state index contributed by atoms with van der Waals surface area (Å²) in [6.07, 6.45) is 1.13. The highest BCUT2D eigenvalue weighted by Gasteiger charge is 2.34. The lowest BCUT2D eigenvalue weighted by Gasteiger charge is -2.35. The van der Waals surface area contributed by atoms with E-state index in [0.717, 1.165) is 32.5 Å².